The molecule has 5 rings (SSSR count). The predicted octanol–water partition coefficient (Wildman–Crippen LogP) is 1.49. The Kier molecular flexibility index (Phi) is 4.90. The third kappa shape index (κ3) is 3.29. The molecule has 0 radical (unpaired) electrons. The highest BCUT2D eigenvalue weighted by Crippen LogP contribution is 2.36. The van der Waals surface area contributed by atoms with Crippen LogP contribution in [0.1, 0.15) is 31.2 Å². The average molecular weight is 402 g/mol. The maximum Gasteiger partial charge on any atom is 0.172 e. The second kappa shape index (κ2) is 7.37. The topological polar surface area (TPSA) is 51.4 Å². The van der Waals surface area contributed by atoms with Gasteiger partial charge in [-0.15, -0.1) is 0 Å². The Morgan fingerprint density at radius 1 is 0.963 bits per heavy atom. The molecular formula is C20H27N5S2. The molecule has 0 spiro atoms. The smallest absolute Gasteiger partial charge is 0.172 e. The Bertz CT molecular complexity index is 726. The molecule has 27 heavy (non-hydrogen) atoms. The zero-order valence-corrected chi connectivity index (χ0v) is 17.0. The number of fused-ring (bicyclic) bond motifs is 4. The van der Waals surface area contributed by atoms with Crippen molar-refractivity contribution in [3.63, 3.8) is 0 Å². The lowest BCUT2D eigenvalue weighted by Crippen LogP contribution is -2.69. The second-order valence-corrected chi connectivity index (χ2v) is 9.06. The number of hydrogen-bond donors (Lipinski definition) is 4. The van der Waals surface area contributed by atoms with E-state index in [1.165, 1.54) is 31.2 Å². The Labute approximate surface area is 171 Å². The van der Waals surface area contributed by atoms with Crippen LogP contribution in [0.15, 0.2) is 30.3 Å². The Morgan fingerprint density at radius 2 is 1.70 bits per heavy atom. The van der Waals surface area contributed by atoms with Crippen molar-refractivity contribution in [2.45, 2.75) is 62.6 Å². The van der Waals surface area contributed by atoms with Gasteiger partial charge in [0.2, 0.25) is 0 Å². The van der Waals surface area contributed by atoms with Crippen LogP contribution in [0.3, 0.4) is 0 Å². The minimum Gasteiger partial charge on any atom is -0.346 e. The number of rotatable bonds is 3. The molecule has 1 aromatic rings. The number of benzene rings is 1. The maximum atomic E-state index is 5.73. The molecule has 5 nitrogen and oxygen atoms in total. The van der Waals surface area contributed by atoms with Crippen molar-refractivity contribution in [1.82, 2.24) is 26.2 Å². The van der Waals surface area contributed by atoms with Crippen molar-refractivity contribution in [3.8, 4) is 0 Å². The van der Waals surface area contributed by atoms with Gasteiger partial charge in [0.25, 0.3) is 0 Å². The first-order valence-corrected chi connectivity index (χ1v) is 11.0. The van der Waals surface area contributed by atoms with Gasteiger partial charge in [-0.2, -0.15) is 0 Å². The van der Waals surface area contributed by atoms with E-state index >= 15 is 0 Å². The Hall–Kier alpha value is -1.12. The predicted molar refractivity (Wildman–Crippen MR) is 115 cm³/mol. The number of piperazine rings is 1. The highest BCUT2D eigenvalue weighted by atomic mass is 32.1. The molecule has 4 fully saturated rings. The minimum absolute atomic E-state index is 0.158. The van der Waals surface area contributed by atoms with Crippen LogP contribution in [0.4, 0.5) is 0 Å². The van der Waals surface area contributed by atoms with E-state index in [9.17, 15) is 0 Å². The van der Waals surface area contributed by atoms with Crippen LogP contribution in [0.2, 0.25) is 0 Å². The number of nitrogens with one attached hydrogen (secondary N) is 4. The summed E-state index contributed by atoms with van der Waals surface area (Å²) in [5, 5.41) is 15.3. The fourth-order valence-corrected chi connectivity index (χ4v) is 6.07. The lowest BCUT2D eigenvalue weighted by Gasteiger charge is -2.46. The van der Waals surface area contributed by atoms with E-state index in [2.05, 4.69) is 56.5 Å². The van der Waals surface area contributed by atoms with Crippen LogP contribution in [-0.2, 0) is 6.42 Å². The number of nitrogens with zero attached hydrogens (tertiary/aromatic N) is 1. The summed E-state index contributed by atoms with van der Waals surface area (Å²) >= 11 is 11.2. The highest BCUT2D eigenvalue weighted by molar-refractivity contribution is 7.82. The van der Waals surface area contributed by atoms with Crippen molar-refractivity contribution in [2.75, 3.05) is 6.54 Å². The van der Waals surface area contributed by atoms with Gasteiger partial charge in [0.05, 0.1) is 23.2 Å². The first kappa shape index (κ1) is 17.9. The van der Waals surface area contributed by atoms with Gasteiger partial charge >= 0.3 is 0 Å². The fraction of sp³-hybridized carbons (Fsp3) is 0.600. The quantitative estimate of drug-likeness (QED) is 0.573. The number of hydrogen-bond acceptors (Lipinski definition) is 5. The summed E-state index contributed by atoms with van der Waals surface area (Å²) in [5.74, 6) is 0.239. The molecule has 4 aliphatic rings. The third-order valence-electron chi connectivity index (χ3n) is 6.66. The van der Waals surface area contributed by atoms with Crippen LogP contribution in [-0.4, -0.2) is 52.0 Å². The van der Waals surface area contributed by atoms with E-state index in [4.69, 9.17) is 24.4 Å². The van der Waals surface area contributed by atoms with Gasteiger partial charge in [-0.1, -0.05) is 55.4 Å². The van der Waals surface area contributed by atoms with Crippen molar-refractivity contribution >= 4 is 34.5 Å². The van der Waals surface area contributed by atoms with E-state index in [1.54, 1.807) is 0 Å². The largest absolute Gasteiger partial charge is 0.346 e. The highest BCUT2D eigenvalue weighted by Gasteiger charge is 2.55. The van der Waals surface area contributed by atoms with Crippen LogP contribution < -0.4 is 21.3 Å². The zero-order valence-electron chi connectivity index (χ0n) is 15.4. The van der Waals surface area contributed by atoms with Gasteiger partial charge in [0.1, 0.15) is 0 Å². The molecule has 6 atom stereocenters. The maximum absolute atomic E-state index is 5.73. The average Bonchev–Trinajstić information content (AvgIpc) is 2.98. The van der Waals surface area contributed by atoms with Gasteiger partial charge in [0.15, 0.2) is 5.11 Å². The molecular weight excluding hydrogens is 374 g/mol. The van der Waals surface area contributed by atoms with Crippen molar-refractivity contribution in [1.29, 1.82) is 0 Å². The SMILES string of the molecule is S=C1NC(=S)C2C3NC4CCCCC4NC3N(CCc3ccccc3)C2N1. The Balaban J connectivity index is 1.41. The van der Waals surface area contributed by atoms with Gasteiger partial charge in [-0.3, -0.25) is 10.2 Å². The lowest BCUT2D eigenvalue weighted by atomic mass is 9.85. The summed E-state index contributed by atoms with van der Waals surface area (Å²) in [6.07, 6.45) is 6.64. The molecule has 3 aliphatic heterocycles. The number of likely N-dealkylation sites (tertiary alicyclic amines) is 1. The summed E-state index contributed by atoms with van der Waals surface area (Å²) in [5.41, 5.74) is 1.37. The molecule has 3 heterocycles. The van der Waals surface area contributed by atoms with E-state index < -0.39 is 0 Å². The minimum atomic E-state index is 0.158. The molecule has 7 heteroatoms. The monoisotopic (exact) mass is 401 g/mol. The summed E-state index contributed by atoms with van der Waals surface area (Å²) in [7, 11) is 0. The summed E-state index contributed by atoms with van der Waals surface area (Å²) in [4.78, 5) is 3.43. The van der Waals surface area contributed by atoms with Gasteiger partial charge in [-0.25, -0.2) is 0 Å². The van der Waals surface area contributed by atoms with Crippen LogP contribution in [0.5, 0.6) is 0 Å². The second-order valence-electron chi connectivity index (χ2n) is 8.21. The summed E-state index contributed by atoms with van der Waals surface area (Å²) < 4.78 is 0. The van der Waals surface area contributed by atoms with Gasteiger partial charge in [-0.05, 0) is 37.0 Å². The summed E-state index contributed by atoms with van der Waals surface area (Å²) in [6, 6.07) is 12.2. The van der Waals surface area contributed by atoms with Crippen molar-refractivity contribution < 1.29 is 0 Å². The first-order chi connectivity index (χ1) is 13.2. The molecule has 4 N–H and O–H groups in total. The van der Waals surface area contributed by atoms with E-state index in [0.717, 1.165) is 18.0 Å². The molecule has 1 aromatic carbocycles. The van der Waals surface area contributed by atoms with Crippen LogP contribution in [0.25, 0.3) is 0 Å². The molecule has 6 unspecified atom stereocenters. The lowest BCUT2D eigenvalue weighted by molar-refractivity contribution is 0.0896. The van der Waals surface area contributed by atoms with Crippen LogP contribution in [0, 0.1) is 5.92 Å². The standard InChI is InChI=1S/C20H27N5S2/c26-19-15-16-18(22-14-9-5-4-8-13(14)21-16)25(17(15)23-20(27)24-19)11-10-12-6-2-1-3-7-12/h1-3,6-7,13-18,21-22H,4-5,8-11H2,(H2,23,24,26,27). The van der Waals surface area contributed by atoms with Crippen molar-refractivity contribution in [2.24, 2.45) is 5.92 Å². The first-order valence-electron chi connectivity index (χ1n) is 10.1. The normalized spacial score (nSPS) is 38.4. The molecule has 1 saturated carbocycles. The molecule has 0 amide bonds. The van der Waals surface area contributed by atoms with E-state index in [0.29, 0.717) is 23.2 Å². The van der Waals surface area contributed by atoms with Gasteiger partial charge in [0, 0.05) is 24.7 Å². The molecule has 0 aromatic heterocycles. The molecule has 3 saturated heterocycles. The zero-order chi connectivity index (χ0) is 18.4. The van der Waals surface area contributed by atoms with Crippen LogP contribution >= 0.6 is 24.4 Å². The van der Waals surface area contributed by atoms with Crippen molar-refractivity contribution in [3.05, 3.63) is 35.9 Å². The number of thiocarbonyl (C=S) groups is 2. The van der Waals surface area contributed by atoms with E-state index in [-0.39, 0.29) is 18.2 Å². The fourth-order valence-electron chi connectivity index (χ4n) is 5.39. The third-order valence-corrected chi connectivity index (χ3v) is 7.25. The Morgan fingerprint density at radius 3 is 2.48 bits per heavy atom. The summed E-state index contributed by atoms with van der Waals surface area (Å²) in [6.45, 7) is 0.983. The molecule has 1 aliphatic carbocycles. The molecule has 144 valence electrons. The molecule has 0 bridgehead atoms. The van der Waals surface area contributed by atoms with E-state index in [1.807, 2.05) is 0 Å². The van der Waals surface area contributed by atoms with Gasteiger partial charge < -0.3 is 16.0 Å².